The summed E-state index contributed by atoms with van der Waals surface area (Å²) in [6, 6.07) is 8.17. The first-order chi connectivity index (χ1) is 9.04. The summed E-state index contributed by atoms with van der Waals surface area (Å²) in [6.07, 6.45) is 1.38. The van der Waals surface area contributed by atoms with E-state index < -0.39 is 5.91 Å². The lowest BCUT2D eigenvalue weighted by Crippen LogP contribution is -2.19. The van der Waals surface area contributed by atoms with Gasteiger partial charge in [0.1, 0.15) is 17.4 Å². The van der Waals surface area contributed by atoms with Gasteiger partial charge < -0.3 is 15.7 Å². The summed E-state index contributed by atoms with van der Waals surface area (Å²) in [5, 5.41) is 23.8. The maximum absolute atomic E-state index is 11.8. The predicted octanol–water partition coefficient (Wildman–Crippen LogP) is 1.98. The Balaban J connectivity index is 2.70. The number of para-hydroxylation sites is 2. The molecule has 0 saturated carbocycles. The molecule has 100 valence electrons. The Morgan fingerprint density at radius 2 is 2.16 bits per heavy atom. The summed E-state index contributed by atoms with van der Waals surface area (Å²) in [5.74, 6) is -0.180. The molecule has 1 rings (SSSR count). The third-order valence-corrected chi connectivity index (χ3v) is 2.29. The summed E-state index contributed by atoms with van der Waals surface area (Å²) >= 11 is 0. The highest BCUT2D eigenvalue weighted by Crippen LogP contribution is 2.21. The molecule has 0 aliphatic carbocycles. The number of nitrogens with one attached hydrogen (secondary N) is 2. The fraction of sp³-hybridized carbons (Fsp3) is 0.286. The molecule has 0 aliphatic rings. The minimum atomic E-state index is -0.555. The number of benzene rings is 1. The molecule has 0 bridgehead atoms. The van der Waals surface area contributed by atoms with E-state index in [1.807, 2.05) is 19.9 Å². The van der Waals surface area contributed by atoms with Crippen LogP contribution in [0.4, 0.5) is 5.69 Å². The average molecular weight is 259 g/mol. The number of hydrogen-bond donors (Lipinski definition) is 3. The molecular formula is C14H17N3O2. The normalized spacial score (nSPS) is 10.9. The van der Waals surface area contributed by atoms with Crippen molar-refractivity contribution >= 4 is 11.6 Å². The minimum absolute atomic E-state index is 0.0381. The van der Waals surface area contributed by atoms with Gasteiger partial charge in [0.15, 0.2) is 0 Å². The van der Waals surface area contributed by atoms with Gasteiger partial charge in [0.2, 0.25) is 0 Å². The second kappa shape index (κ2) is 7.07. The number of amides is 1. The smallest absolute Gasteiger partial charge is 0.267 e. The van der Waals surface area contributed by atoms with Crippen LogP contribution in [-0.4, -0.2) is 17.6 Å². The molecule has 0 aliphatic heterocycles. The van der Waals surface area contributed by atoms with Gasteiger partial charge in [-0.15, -0.1) is 0 Å². The second-order valence-corrected chi connectivity index (χ2v) is 4.44. The molecule has 19 heavy (non-hydrogen) atoms. The standard InChI is InChI=1S/C14H17N3O2/c1-10(2)8-16-9-11(7-15)14(19)17-12-5-3-4-6-13(12)18/h3-6,9-10,16,18H,8H2,1-2H3,(H,17,19)/b11-9-. The molecule has 0 unspecified atom stereocenters. The van der Waals surface area contributed by atoms with Gasteiger partial charge >= 0.3 is 0 Å². The van der Waals surface area contributed by atoms with E-state index in [0.717, 1.165) is 0 Å². The van der Waals surface area contributed by atoms with E-state index in [0.29, 0.717) is 12.5 Å². The maximum Gasteiger partial charge on any atom is 0.267 e. The lowest BCUT2D eigenvalue weighted by Gasteiger charge is -2.07. The van der Waals surface area contributed by atoms with Crippen molar-refractivity contribution in [3.8, 4) is 11.8 Å². The first-order valence-corrected chi connectivity index (χ1v) is 5.97. The topological polar surface area (TPSA) is 85.2 Å². The molecule has 3 N–H and O–H groups in total. The molecular weight excluding hydrogens is 242 g/mol. The van der Waals surface area contributed by atoms with E-state index in [4.69, 9.17) is 5.26 Å². The van der Waals surface area contributed by atoms with Crippen LogP contribution in [0.5, 0.6) is 5.75 Å². The van der Waals surface area contributed by atoms with Crippen molar-refractivity contribution in [3.05, 3.63) is 36.0 Å². The van der Waals surface area contributed by atoms with Crippen molar-refractivity contribution in [3.63, 3.8) is 0 Å². The van der Waals surface area contributed by atoms with Crippen molar-refractivity contribution in [2.24, 2.45) is 5.92 Å². The number of anilines is 1. The van der Waals surface area contributed by atoms with E-state index in [-0.39, 0.29) is 17.0 Å². The van der Waals surface area contributed by atoms with Crippen molar-refractivity contribution in [2.75, 3.05) is 11.9 Å². The molecule has 0 aromatic heterocycles. The predicted molar refractivity (Wildman–Crippen MR) is 73.3 cm³/mol. The summed E-state index contributed by atoms with van der Waals surface area (Å²) in [6.45, 7) is 4.72. The monoisotopic (exact) mass is 259 g/mol. The van der Waals surface area contributed by atoms with E-state index in [2.05, 4.69) is 10.6 Å². The molecule has 0 saturated heterocycles. The van der Waals surface area contributed by atoms with Crippen LogP contribution < -0.4 is 10.6 Å². The molecule has 1 amide bonds. The van der Waals surface area contributed by atoms with Crippen LogP contribution in [0.25, 0.3) is 0 Å². The average Bonchev–Trinajstić information content (AvgIpc) is 2.37. The Kier molecular flexibility index (Phi) is 5.42. The molecule has 0 fully saturated rings. The third kappa shape index (κ3) is 4.72. The first-order valence-electron chi connectivity index (χ1n) is 5.97. The van der Waals surface area contributed by atoms with Crippen LogP contribution in [0, 0.1) is 17.2 Å². The quantitative estimate of drug-likeness (QED) is 0.429. The lowest BCUT2D eigenvalue weighted by molar-refractivity contribution is -0.112. The Labute approximate surface area is 112 Å². The van der Waals surface area contributed by atoms with E-state index >= 15 is 0 Å². The molecule has 5 heteroatoms. The van der Waals surface area contributed by atoms with Crippen LogP contribution in [0.3, 0.4) is 0 Å². The Hall–Kier alpha value is -2.48. The Morgan fingerprint density at radius 3 is 2.74 bits per heavy atom. The lowest BCUT2D eigenvalue weighted by atomic mass is 10.2. The van der Waals surface area contributed by atoms with Crippen LogP contribution >= 0.6 is 0 Å². The van der Waals surface area contributed by atoms with Gasteiger partial charge in [-0.05, 0) is 18.1 Å². The maximum atomic E-state index is 11.8. The first kappa shape index (κ1) is 14.6. The van der Waals surface area contributed by atoms with E-state index in [9.17, 15) is 9.90 Å². The molecule has 0 atom stereocenters. The number of rotatable bonds is 5. The number of phenols is 1. The molecule has 0 spiro atoms. The summed E-state index contributed by atoms with van der Waals surface area (Å²) in [4.78, 5) is 11.8. The zero-order valence-electron chi connectivity index (χ0n) is 11.0. The van der Waals surface area contributed by atoms with Crippen molar-refractivity contribution in [1.29, 1.82) is 5.26 Å². The van der Waals surface area contributed by atoms with E-state index in [1.165, 1.54) is 12.3 Å². The van der Waals surface area contributed by atoms with Gasteiger partial charge in [-0.25, -0.2) is 0 Å². The highest BCUT2D eigenvalue weighted by atomic mass is 16.3. The SMILES string of the molecule is CC(C)CN/C=C(/C#N)C(=O)Nc1ccccc1O. The van der Waals surface area contributed by atoms with Crippen molar-refractivity contribution in [1.82, 2.24) is 5.32 Å². The summed E-state index contributed by atoms with van der Waals surface area (Å²) in [5.41, 5.74) is 0.237. The second-order valence-electron chi connectivity index (χ2n) is 4.44. The van der Waals surface area contributed by atoms with Crippen LogP contribution in [-0.2, 0) is 4.79 Å². The van der Waals surface area contributed by atoms with Gasteiger partial charge in [-0.2, -0.15) is 5.26 Å². The number of nitrogens with zero attached hydrogens (tertiary/aromatic N) is 1. The number of carbonyl (C=O) groups is 1. The Morgan fingerprint density at radius 1 is 1.47 bits per heavy atom. The summed E-state index contributed by atoms with van der Waals surface area (Å²) in [7, 11) is 0. The number of nitriles is 1. The summed E-state index contributed by atoms with van der Waals surface area (Å²) < 4.78 is 0. The number of carbonyl (C=O) groups excluding carboxylic acids is 1. The fourth-order valence-corrected chi connectivity index (χ4v) is 1.31. The number of aromatic hydroxyl groups is 1. The fourth-order valence-electron chi connectivity index (χ4n) is 1.31. The van der Waals surface area contributed by atoms with Gasteiger partial charge in [0.25, 0.3) is 5.91 Å². The zero-order valence-corrected chi connectivity index (χ0v) is 11.0. The molecule has 0 heterocycles. The van der Waals surface area contributed by atoms with Gasteiger partial charge in [0.05, 0.1) is 5.69 Å². The largest absolute Gasteiger partial charge is 0.506 e. The Bertz CT molecular complexity index is 516. The van der Waals surface area contributed by atoms with E-state index in [1.54, 1.807) is 18.2 Å². The molecule has 5 nitrogen and oxygen atoms in total. The van der Waals surface area contributed by atoms with Crippen LogP contribution in [0.15, 0.2) is 36.0 Å². The van der Waals surface area contributed by atoms with Gasteiger partial charge in [-0.3, -0.25) is 4.79 Å². The van der Waals surface area contributed by atoms with Crippen LogP contribution in [0.1, 0.15) is 13.8 Å². The number of hydrogen-bond acceptors (Lipinski definition) is 4. The number of phenolic OH excluding ortho intramolecular Hbond substituents is 1. The van der Waals surface area contributed by atoms with Crippen LogP contribution in [0.2, 0.25) is 0 Å². The van der Waals surface area contributed by atoms with Gasteiger partial charge in [0, 0.05) is 12.7 Å². The molecule has 0 radical (unpaired) electrons. The minimum Gasteiger partial charge on any atom is -0.506 e. The molecule has 1 aromatic carbocycles. The highest BCUT2D eigenvalue weighted by molar-refractivity contribution is 6.07. The third-order valence-electron chi connectivity index (χ3n) is 2.29. The zero-order chi connectivity index (χ0) is 14.3. The van der Waals surface area contributed by atoms with Crippen molar-refractivity contribution in [2.45, 2.75) is 13.8 Å². The van der Waals surface area contributed by atoms with Gasteiger partial charge in [-0.1, -0.05) is 26.0 Å². The highest BCUT2D eigenvalue weighted by Gasteiger charge is 2.10. The van der Waals surface area contributed by atoms with Crippen molar-refractivity contribution < 1.29 is 9.90 Å². The molecule has 1 aromatic rings.